The van der Waals surface area contributed by atoms with Gasteiger partial charge in [0.05, 0.1) is 5.75 Å². The molecule has 1 N–H and O–H groups in total. The van der Waals surface area contributed by atoms with Crippen LogP contribution in [0.5, 0.6) is 5.75 Å². The van der Waals surface area contributed by atoms with Crippen molar-refractivity contribution in [3.63, 3.8) is 0 Å². The van der Waals surface area contributed by atoms with E-state index in [0.29, 0.717) is 17.4 Å². The third-order valence-electron chi connectivity index (χ3n) is 3.24. The first-order valence-electron chi connectivity index (χ1n) is 7.39. The van der Waals surface area contributed by atoms with Crippen LogP contribution in [0.25, 0.3) is 11.1 Å². The smallest absolute Gasteiger partial charge is 0.387 e. The van der Waals surface area contributed by atoms with Crippen LogP contribution in [-0.4, -0.2) is 23.3 Å². The minimum Gasteiger partial charge on any atom is -0.435 e. The highest BCUT2D eigenvalue weighted by Crippen LogP contribution is 2.22. The summed E-state index contributed by atoms with van der Waals surface area (Å²) in [5.41, 5.74) is 2.20. The molecule has 0 saturated carbocycles. The van der Waals surface area contributed by atoms with Gasteiger partial charge < -0.3 is 14.5 Å². The molecule has 3 rings (SSSR count). The maximum atomic E-state index is 12.1. The molecule has 8 heteroatoms. The molecule has 0 fully saturated rings. The highest BCUT2D eigenvalue weighted by Gasteiger charge is 2.09. The average Bonchev–Trinajstić information content (AvgIpc) is 3.02. The zero-order valence-electron chi connectivity index (χ0n) is 12.9. The molecule has 0 bridgehead atoms. The summed E-state index contributed by atoms with van der Waals surface area (Å²) in [6.45, 7) is -2.56. The highest BCUT2D eigenvalue weighted by molar-refractivity contribution is 7.99. The van der Waals surface area contributed by atoms with Gasteiger partial charge in [-0.15, -0.1) is 0 Å². The first-order chi connectivity index (χ1) is 12.1. The number of oxazole rings is 1. The molecule has 1 amide bonds. The van der Waals surface area contributed by atoms with E-state index < -0.39 is 6.61 Å². The van der Waals surface area contributed by atoms with E-state index in [1.54, 1.807) is 12.1 Å². The van der Waals surface area contributed by atoms with Gasteiger partial charge in [0, 0.05) is 6.54 Å². The van der Waals surface area contributed by atoms with Crippen LogP contribution in [0.2, 0.25) is 0 Å². The average molecular weight is 364 g/mol. The lowest BCUT2D eigenvalue weighted by Gasteiger charge is -2.07. The van der Waals surface area contributed by atoms with Gasteiger partial charge in [0.25, 0.3) is 5.22 Å². The number of para-hydroxylation sites is 2. The summed E-state index contributed by atoms with van der Waals surface area (Å²) in [6, 6.07) is 13.5. The molecular weight excluding hydrogens is 350 g/mol. The maximum Gasteiger partial charge on any atom is 0.387 e. The summed E-state index contributed by atoms with van der Waals surface area (Å²) in [6.07, 6.45) is 0. The molecule has 0 aliphatic heterocycles. The Morgan fingerprint density at radius 2 is 1.96 bits per heavy atom. The molecule has 0 spiro atoms. The molecule has 0 radical (unpaired) electrons. The van der Waals surface area contributed by atoms with E-state index in [0.717, 1.165) is 11.1 Å². The first-order valence-corrected chi connectivity index (χ1v) is 8.37. The quantitative estimate of drug-likeness (QED) is 0.646. The number of fused-ring (bicyclic) bond motifs is 1. The monoisotopic (exact) mass is 364 g/mol. The number of aromatic nitrogens is 1. The predicted octanol–water partition coefficient (Wildman–Crippen LogP) is 3.84. The van der Waals surface area contributed by atoms with Crippen molar-refractivity contribution >= 4 is 28.8 Å². The molecule has 25 heavy (non-hydrogen) atoms. The Balaban J connectivity index is 1.46. The van der Waals surface area contributed by atoms with Crippen molar-refractivity contribution in [2.75, 3.05) is 5.75 Å². The number of nitrogens with one attached hydrogen (secondary N) is 1. The highest BCUT2D eigenvalue weighted by atomic mass is 32.2. The number of alkyl halides is 2. The van der Waals surface area contributed by atoms with Gasteiger partial charge in [-0.25, -0.2) is 4.98 Å². The molecule has 1 aromatic heterocycles. The fourth-order valence-corrected chi connectivity index (χ4v) is 2.75. The third kappa shape index (κ3) is 4.93. The number of rotatable bonds is 7. The fourth-order valence-electron chi connectivity index (χ4n) is 2.08. The maximum absolute atomic E-state index is 12.1. The number of thioether (sulfide) groups is 1. The topological polar surface area (TPSA) is 64.4 Å². The second-order valence-corrected chi connectivity index (χ2v) is 5.96. The van der Waals surface area contributed by atoms with Crippen LogP contribution in [0.15, 0.2) is 58.2 Å². The van der Waals surface area contributed by atoms with Gasteiger partial charge in [-0.1, -0.05) is 36.0 Å². The van der Waals surface area contributed by atoms with E-state index in [4.69, 9.17) is 4.42 Å². The van der Waals surface area contributed by atoms with E-state index in [1.807, 2.05) is 24.3 Å². The lowest BCUT2D eigenvalue weighted by molar-refractivity contribution is -0.118. The summed E-state index contributed by atoms with van der Waals surface area (Å²) in [7, 11) is 0. The lowest BCUT2D eigenvalue weighted by Crippen LogP contribution is -2.24. The minimum absolute atomic E-state index is 0.0802. The molecule has 0 unspecified atom stereocenters. The van der Waals surface area contributed by atoms with Crippen molar-refractivity contribution in [1.82, 2.24) is 10.3 Å². The summed E-state index contributed by atoms with van der Waals surface area (Å²) in [5.74, 6) is 0.0658. The lowest BCUT2D eigenvalue weighted by atomic mass is 10.2. The molecule has 2 aromatic carbocycles. The van der Waals surface area contributed by atoms with Gasteiger partial charge in [0.1, 0.15) is 11.3 Å². The molecule has 0 saturated heterocycles. The summed E-state index contributed by atoms with van der Waals surface area (Å²) in [4.78, 5) is 16.2. The number of hydrogen-bond acceptors (Lipinski definition) is 5. The number of halogens is 2. The molecule has 0 atom stereocenters. The van der Waals surface area contributed by atoms with Crippen LogP contribution in [0.1, 0.15) is 5.56 Å². The van der Waals surface area contributed by atoms with Crippen molar-refractivity contribution in [2.45, 2.75) is 18.4 Å². The Kier molecular flexibility index (Phi) is 5.49. The van der Waals surface area contributed by atoms with Gasteiger partial charge >= 0.3 is 6.61 Å². The van der Waals surface area contributed by atoms with Crippen LogP contribution in [0.3, 0.4) is 0 Å². The SMILES string of the molecule is O=C(CSc1nc2ccccc2o1)NCc1ccc(OC(F)F)cc1. The normalized spacial score (nSPS) is 11.0. The van der Waals surface area contributed by atoms with Crippen molar-refractivity contribution in [2.24, 2.45) is 0 Å². The van der Waals surface area contributed by atoms with Crippen LogP contribution in [-0.2, 0) is 11.3 Å². The minimum atomic E-state index is -2.85. The number of amides is 1. The number of hydrogen-bond donors (Lipinski definition) is 1. The van der Waals surface area contributed by atoms with Crippen molar-refractivity contribution in [1.29, 1.82) is 0 Å². The molecule has 0 aliphatic carbocycles. The first kappa shape index (κ1) is 17.2. The van der Waals surface area contributed by atoms with Crippen molar-refractivity contribution in [3.05, 3.63) is 54.1 Å². The van der Waals surface area contributed by atoms with Crippen LogP contribution in [0.4, 0.5) is 8.78 Å². The number of nitrogens with zero attached hydrogens (tertiary/aromatic N) is 1. The molecule has 5 nitrogen and oxygen atoms in total. The zero-order valence-corrected chi connectivity index (χ0v) is 13.8. The molecule has 130 valence electrons. The Labute approximate surface area is 146 Å². The standard InChI is InChI=1S/C17H14F2N2O3S/c18-16(19)23-12-7-5-11(6-8-12)9-20-15(22)10-25-17-21-13-3-1-2-4-14(13)24-17/h1-8,16H,9-10H2,(H,20,22). The number of carbonyl (C=O) groups excluding carboxylic acids is 1. The fraction of sp³-hybridized carbons (Fsp3) is 0.176. The predicted molar refractivity (Wildman–Crippen MR) is 89.7 cm³/mol. The van der Waals surface area contributed by atoms with Crippen LogP contribution >= 0.6 is 11.8 Å². The van der Waals surface area contributed by atoms with Crippen molar-refractivity contribution in [3.8, 4) is 5.75 Å². The van der Waals surface area contributed by atoms with Crippen LogP contribution in [0, 0.1) is 0 Å². The largest absolute Gasteiger partial charge is 0.435 e. The number of carbonyl (C=O) groups is 1. The van der Waals surface area contributed by atoms with Gasteiger partial charge in [-0.05, 0) is 29.8 Å². The van der Waals surface area contributed by atoms with Crippen molar-refractivity contribution < 1.29 is 22.7 Å². The van der Waals surface area contributed by atoms with E-state index in [2.05, 4.69) is 15.0 Å². The third-order valence-corrected chi connectivity index (χ3v) is 4.07. The van der Waals surface area contributed by atoms with E-state index in [-0.39, 0.29) is 17.4 Å². The zero-order chi connectivity index (χ0) is 17.6. The van der Waals surface area contributed by atoms with Crippen LogP contribution < -0.4 is 10.1 Å². The molecule has 3 aromatic rings. The molecular formula is C17H14F2N2O3S. The Morgan fingerprint density at radius 3 is 2.68 bits per heavy atom. The summed E-state index contributed by atoms with van der Waals surface area (Å²) < 4.78 is 33.9. The van der Waals surface area contributed by atoms with Gasteiger partial charge in [0.2, 0.25) is 5.91 Å². The summed E-state index contributed by atoms with van der Waals surface area (Å²) in [5, 5.41) is 3.18. The van der Waals surface area contributed by atoms with E-state index in [9.17, 15) is 13.6 Å². The molecule has 0 aliphatic rings. The van der Waals surface area contributed by atoms with Gasteiger partial charge in [0.15, 0.2) is 5.58 Å². The Morgan fingerprint density at radius 1 is 1.20 bits per heavy atom. The van der Waals surface area contributed by atoms with E-state index >= 15 is 0 Å². The molecule has 1 heterocycles. The number of ether oxygens (including phenoxy) is 1. The Hall–Kier alpha value is -2.61. The second-order valence-electron chi connectivity index (χ2n) is 5.04. The van der Waals surface area contributed by atoms with Gasteiger partial charge in [-0.2, -0.15) is 8.78 Å². The van der Waals surface area contributed by atoms with E-state index in [1.165, 1.54) is 23.9 Å². The number of benzene rings is 2. The second kappa shape index (κ2) is 7.98. The van der Waals surface area contributed by atoms with Gasteiger partial charge in [-0.3, -0.25) is 4.79 Å². The summed E-state index contributed by atoms with van der Waals surface area (Å²) >= 11 is 1.21. The Bertz CT molecular complexity index is 819.